The van der Waals surface area contributed by atoms with E-state index in [-0.39, 0.29) is 5.91 Å². The number of piperidine rings is 1. The van der Waals surface area contributed by atoms with E-state index in [9.17, 15) is 4.79 Å². The van der Waals surface area contributed by atoms with Gasteiger partial charge in [-0.05, 0) is 80.2 Å². The van der Waals surface area contributed by atoms with Crippen LogP contribution in [0.25, 0.3) is 10.8 Å². The zero-order chi connectivity index (χ0) is 18.5. The molecule has 1 amide bonds. The van der Waals surface area contributed by atoms with E-state index in [1.807, 2.05) is 29.2 Å². The van der Waals surface area contributed by atoms with E-state index in [4.69, 9.17) is 4.74 Å². The molecule has 4 nitrogen and oxygen atoms in total. The van der Waals surface area contributed by atoms with Crippen LogP contribution >= 0.6 is 0 Å². The molecule has 2 aliphatic heterocycles. The maximum atomic E-state index is 12.8. The molecule has 0 radical (unpaired) electrons. The van der Waals surface area contributed by atoms with Gasteiger partial charge in [0.1, 0.15) is 5.75 Å². The van der Waals surface area contributed by atoms with Crippen LogP contribution in [0.5, 0.6) is 5.75 Å². The van der Waals surface area contributed by atoms with Crippen LogP contribution in [0.1, 0.15) is 48.9 Å². The first-order chi connectivity index (χ1) is 13.3. The minimum Gasteiger partial charge on any atom is -0.494 e. The lowest BCUT2D eigenvalue weighted by Gasteiger charge is -2.26. The van der Waals surface area contributed by atoms with E-state index in [1.165, 1.54) is 32.4 Å². The highest BCUT2D eigenvalue weighted by molar-refractivity contribution is 6.07. The molecule has 2 fully saturated rings. The van der Waals surface area contributed by atoms with Gasteiger partial charge in [0.05, 0.1) is 6.61 Å². The Morgan fingerprint density at radius 2 is 1.70 bits per heavy atom. The van der Waals surface area contributed by atoms with Crippen molar-refractivity contribution in [1.82, 2.24) is 9.80 Å². The fourth-order valence-corrected chi connectivity index (χ4v) is 4.29. The Balaban J connectivity index is 1.38. The molecule has 0 aliphatic carbocycles. The maximum Gasteiger partial charge on any atom is 0.254 e. The number of fused-ring (bicyclic) bond motifs is 1. The number of hydrogen-bond donors (Lipinski definition) is 0. The van der Waals surface area contributed by atoms with E-state index in [2.05, 4.69) is 17.0 Å². The smallest absolute Gasteiger partial charge is 0.254 e. The quantitative estimate of drug-likeness (QED) is 0.714. The van der Waals surface area contributed by atoms with Crippen LogP contribution in [0.3, 0.4) is 0 Å². The Bertz CT molecular complexity index is 777. The fraction of sp³-hybridized carbons (Fsp3) is 0.522. The molecule has 0 atom stereocenters. The third kappa shape index (κ3) is 4.44. The zero-order valence-corrected chi connectivity index (χ0v) is 16.2. The number of carbonyl (C=O) groups is 1. The molecule has 0 N–H and O–H groups in total. The van der Waals surface area contributed by atoms with Crippen molar-refractivity contribution in [3.05, 3.63) is 42.0 Å². The third-order valence-corrected chi connectivity index (χ3v) is 5.81. The fourth-order valence-electron chi connectivity index (χ4n) is 4.29. The number of ether oxygens (including phenoxy) is 1. The molecule has 2 aromatic rings. The molecule has 4 rings (SSSR count). The molecule has 0 aromatic heterocycles. The van der Waals surface area contributed by atoms with Gasteiger partial charge in [-0.3, -0.25) is 4.79 Å². The van der Waals surface area contributed by atoms with Crippen LogP contribution in [-0.2, 0) is 0 Å². The maximum absolute atomic E-state index is 12.8. The van der Waals surface area contributed by atoms with Crippen molar-refractivity contribution in [3.8, 4) is 5.75 Å². The highest BCUT2D eigenvalue weighted by atomic mass is 16.5. The first-order valence-electron chi connectivity index (χ1n) is 10.5. The largest absolute Gasteiger partial charge is 0.494 e. The lowest BCUT2D eigenvalue weighted by Crippen LogP contribution is -2.31. The van der Waals surface area contributed by atoms with Crippen LogP contribution < -0.4 is 4.74 Å². The number of nitrogens with zero attached hydrogens (tertiary/aromatic N) is 2. The Morgan fingerprint density at radius 3 is 2.52 bits per heavy atom. The molecule has 2 saturated heterocycles. The first kappa shape index (κ1) is 18.3. The van der Waals surface area contributed by atoms with Gasteiger partial charge < -0.3 is 14.5 Å². The summed E-state index contributed by atoms with van der Waals surface area (Å²) in [5.74, 6) is 1.06. The van der Waals surface area contributed by atoms with Crippen molar-refractivity contribution < 1.29 is 9.53 Å². The standard InChI is InChI=1S/C23H30N2O2/c26-23(25-15-4-5-16-25)22-9-6-8-19-18-20(10-11-21(19)22)27-17-7-14-24-12-2-1-3-13-24/h6,8-11,18H,1-5,7,12-17H2. The van der Waals surface area contributed by atoms with Gasteiger partial charge in [-0.1, -0.05) is 18.6 Å². The Morgan fingerprint density at radius 1 is 0.926 bits per heavy atom. The molecule has 4 heteroatoms. The molecule has 0 spiro atoms. The molecule has 2 heterocycles. The minimum atomic E-state index is 0.160. The van der Waals surface area contributed by atoms with Gasteiger partial charge in [0.2, 0.25) is 0 Å². The molecular formula is C23H30N2O2. The van der Waals surface area contributed by atoms with Gasteiger partial charge in [0.15, 0.2) is 0 Å². The Labute approximate surface area is 162 Å². The van der Waals surface area contributed by atoms with E-state index in [0.29, 0.717) is 0 Å². The first-order valence-corrected chi connectivity index (χ1v) is 10.5. The van der Waals surface area contributed by atoms with Crippen molar-refractivity contribution in [3.63, 3.8) is 0 Å². The normalized spacial score (nSPS) is 18.1. The predicted molar refractivity (Wildman–Crippen MR) is 109 cm³/mol. The summed E-state index contributed by atoms with van der Waals surface area (Å²) in [6.45, 7) is 6.12. The summed E-state index contributed by atoms with van der Waals surface area (Å²) in [7, 11) is 0. The Hall–Kier alpha value is -2.07. The SMILES string of the molecule is O=C(c1cccc2cc(OCCCN3CCCCC3)ccc12)N1CCCC1. The van der Waals surface area contributed by atoms with Crippen molar-refractivity contribution in [2.45, 2.75) is 38.5 Å². The van der Waals surface area contributed by atoms with Crippen LogP contribution in [0.4, 0.5) is 0 Å². The van der Waals surface area contributed by atoms with Crippen LogP contribution in [-0.4, -0.2) is 55.0 Å². The molecule has 0 bridgehead atoms. The summed E-state index contributed by atoms with van der Waals surface area (Å²) in [6.07, 6.45) is 7.35. The summed E-state index contributed by atoms with van der Waals surface area (Å²) >= 11 is 0. The summed E-state index contributed by atoms with van der Waals surface area (Å²) < 4.78 is 5.98. The van der Waals surface area contributed by atoms with E-state index < -0.39 is 0 Å². The van der Waals surface area contributed by atoms with Crippen LogP contribution in [0.2, 0.25) is 0 Å². The average Bonchev–Trinajstić information content (AvgIpc) is 3.26. The average molecular weight is 367 g/mol. The molecule has 0 unspecified atom stereocenters. The van der Waals surface area contributed by atoms with Crippen molar-refractivity contribution in [2.24, 2.45) is 0 Å². The van der Waals surface area contributed by atoms with Crippen LogP contribution in [0, 0.1) is 0 Å². The highest BCUT2D eigenvalue weighted by Gasteiger charge is 2.21. The molecular weight excluding hydrogens is 336 g/mol. The lowest BCUT2D eigenvalue weighted by molar-refractivity contribution is 0.0795. The van der Waals surface area contributed by atoms with Crippen LogP contribution in [0.15, 0.2) is 36.4 Å². The highest BCUT2D eigenvalue weighted by Crippen LogP contribution is 2.26. The molecule has 2 aromatic carbocycles. The van der Waals surface area contributed by atoms with E-state index in [1.54, 1.807) is 0 Å². The van der Waals surface area contributed by atoms with Gasteiger partial charge in [-0.15, -0.1) is 0 Å². The molecule has 2 aliphatic rings. The van der Waals surface area contributed by atoms with Crippen molar-refractivity contribution in [1.29, 1.82) is 0 Å². The van der Waals surface area contributed by atoms with Gasteiger partial charge in [0, 0.05) is 25.2 Å². The van der Waals surface area contributed by atoms with Gasteiger partial charge in [0.25, 0.3) is 5.91 Å². The monoisotopic (exact) mass is 366 g/mol. The minimum absolute atomic E-state index is 0.160. The lowest BCUT2D eigenvalue weighted by atomic mass is 10.0. The Kier molecular flexibility index (Phi) is 5.93. The number of likely N-dealkylation sites (tertiary alicyclic amines) is 2. The number of amides is 1. The summed E-state index contributed by atoms with van der Waals surface area (Å²) in [6, 6.07) is 12.1. The van der Waals surface area contributed by atoms with Gasteiger partial charge >= 0.3 is 0 Å². The number of rotatable bonds is 6. The number of benzene rings is 2. The summed E-state index contributed by atoms with van der Waals surface area (Å²) in [5, 5.41) is 2.10. The zero-order valence-electron chi connectivity index (χ0n) is 16.2. The van der Waals surface area contributed by atoms with Gasteiger partial charge in [-0.2, -0.15) is 0 Å². The van der Waals surface area contributed by atoms with Crippen molar-refractivity contribution >= 4 is 16.7 Å². The van der Waals surface area contributed by atoms with E-state index in [0.717, 1.165) is 67.6 Å². The number of carbonyl (C=O) groups excluding carboxylic acids is 1. The molecule has 0 saturated carbocycles. The third-order valence-electron chi connectivity index (χ3n) is 5.81. The second-order valence-electron chi connectivity index (χ2n) is 7.79. The topological polar surface area (TPSA) is 32.8 Å². The summed E-state index contributed by atoms with van der Waals surface area (Å²) in [4.78, 5) is 17.3. The second-order valence-corrected chi connectivity index (χ2v) is 7.79. The summed E-state index contributed by atoms with van der Waals surface area (Å²) in [5.41, 5.74) is 0.811. The molecule has 144 valence electrons. The molecule has 27 heavy (non-hydrogen) atoms. The number of hydrogen-bond acceptors (Lipinski definition) is 3. The predicted octanol–water partition coefficient (Wildman–Crippen LogP) is 4.33. The van der Waals surface area contributed by atoms with Gasteiger partial charge in [-0.25, -0.2) is 0 Å². The second kappa shape index (κ2) is 8.75. The van der Waals surface area contributed by atoms with E-state index >= 15 is 0 Å². The van der Waals surface area contributed by atoms with Crippen molar-refractivity contribution in [2.75, 3.05) is 39.3 Å².